The predicted molar refractivity (Wildman–Crippen MR) is 67.3 cm³/mol. The summed E-state index contributed by atoms with van der Waals surface area (Å²) in [4.78, 5) is 1.56. The van der Waals surface area contributed by atoms with Crippen LogP contribution in [0.2, 0.25) is 0 Å². The summed E-state index contributed by atoms with van der Waals surface area (Å²) in [5.74, 6) is 0. The van der Waals surface area contributed by atoms with E-state index in [2.05, 4.69) is 13.8 Å². The molecule has 0 aromatic heterocycles. The highest BCUT2D eigenvalue weighted by Gasteiger charge is 2.50. The van der Waals surface area contributed by atoms with Crippen LogP contribution in [0, 0.1) is 5.41 Å². The highest BCUT2D eigenvalue weighted by molar-refractivity contribution is 4.96. The fraction of sp³-hybridized carbons (Fsp3) is 1.00. The summed E-state index contributed by atoms with van der Waals surface area (Å²) in [5, 5.41) is 0. The first-order valence-electron chi connectivity index (χ1n) is 6.86. The Balaban J connectivity index is 2.84. The summed E-state index contributed by atoms with van der Waals surface area (Å²) < 4.78 is 39.4. The lowest BCUT2D eigenvalue weighted by molar-refractivity contribution is -0.187. The molecule has 2 unspecified atom stereocenters. The topological polar surface area (TPSA) is 29.3 Å². The van der Waals surface area contributed by atoms with E-state index in [1.54, 1.807) is 11.8 Å². The van der Waals surface area contributed by atoms with Gasteiger partial charge in [-0.1, -0.05) is 20.8 Å². The monoisotopic (exact) mass is 266 g/mol. The Hall–Kier alpha value is -0.290. The van der Waals surface area contributed by atoms with E-state index in [1.165, 1.54) is 0 Å². The zero-order valence-electron chi connectivity index (χ0n) is 11.6. The van der Waals surface area contributed by atoms with Crippen LogP contribution in [-0.2, 0) is 0 Å². The molecule has 0 aromatic carbocycles. The second kappa shape index (κ2) is 5.78. The van der Waals surface area contributed by atoms with Crippen LogP contribution in [0.25, 0.3) is 0 Å². The second-order valence-electron chi connectivity index (χ2n) is 5.49. The van der Waals surface area contributed by atoms with E-state index in [0.29, 0.717) is 19.5 Å². The predicted octanol–water partition coefficient (Wildman–Crippen LogP) is 3.17. The number of hydrogen-bond donors (Lipinski definition) is 1. The van der Waals surface area contributed by atoms with E-state index in [1.807, 2.05) is 0 Å². The van der Waals surface area contributed by atoms with Gasteiger partial charge in [0.05, 0.1) is 0 Å². The zero-order valence-corrected chi connectivity index (χ0v) is 11.6. The molecule has 1 aliphatic rings. The first-order chi connectivity index (χ1) is 8.29. The number of alkyl halides is 3. The molecule has 0 radical (unpaired) electrons. The van der Waals surface area contributed by atoms with Crippen LogP contribution < -0.4 is 5.73 Å². The van der Waals surface area contributed by atoms with Crippen molar-refractivity contribution in [3.05, 3.63) is 0 Å². The molecule has 1 rings (SSSR count). The van der Waals surface area contributed by atoms with Gasteiger partial charge in [-0.15, -0.1) is 0 Å². The summed E-state index contributed by atoms with van der Waals surface area (Å²) >= 11 is 0. The smallest absolute Gasteiger partial charge is 0.326 e. The molecule has 1 saturated heterocycles. The van der Waals surface area contributed by atoms with Gasteiger partial charge in [-0.25, -0.2) is 0 Å². The van der Waals surface area contributed by atoms with Crippen LogP contribution in [0.15, 0.2) is 0 Å². The molecule has 18 heavy (non-hydrogen) atoms. The van der Waals surface area contributed by atoms with Gasteiger partial charge in [0.25, 0.3) is 0 Å². The lowest BCUT2D eigenvalue weighted by atomic mass is 9.82. The molecule has 0 saturated carbocycles. The average Bonchev–Trinajstić information content (AvgIpc) is 2.72. The van der Waals surface area contributed by atoms with Crippen LogP contribution >= 0.6 is 0 Å². The number of nitrogens with two attached hydrogens (primary N) is 1. The molecule has 1 aliphatic heterocycles. The van der Waals surface area contributed by atoms with E-state index < -0.39 is 18.3 Å². The van der Waals surface area contributed by atoms with Crippen molar-refractivity contribution in [3.8, 4) is 0 Å². The molecule has 108 valence electrons. The average molecular weight is 266 g/mol. The Bertz CT molecular complexity index is 261. The number of halogens is 3. The molecule has 5 heteroatoms. The fourth-order valence-corrected chi connectivity index (χ4v) is 2.98. The van der Waals surface area contributed by atoms with Gasteiger partial charge in [-0.05, 0) is 37.6 Å². The van der Waals surface area contributed by atoms with Crippen LogP contribution in [0.3, 0.4) is 0 Å². The molecular formula is C13H25F3N2. The minimum Gasteiger partial charge on any atom is -0.326 e. The van der Waals surface area contributed by atoms with Gasteiger partial charge >= 0.3 is 6.18 Å². The standard InChI is InChI=1S/C13H25F3N2/c1-4-10(17)11(13(14,15)16)18-8-7-12(5-2,6-3)9-18/h10-11H,4-9,17H2,1-3H3. The maximum Gasteiger partial charge on any atom is 0.405 e. The van der Waals surface area contributed by atoms with Crippen molar-refractivity contribution in [1.82, 2.24) is 4.90 Å². The van der Waals surface area contributed by atoms with Gasteiger partial charge in [0, 0.05) is 12.6 Å². The third-order valence-electron chi connectivity index (χ3n) is 4.57. The van der Waals surface area contributed by atoms with E-state index in [-0.39, 0.29) is 5.41 Å². The van der Waals surface area contributed by atoms with Crippen LogP contribution in [0.4, 0.5) is 13.2 Å². The molecule has 0 aliphatic carbocycles. The third kappa shape index (κ3) is 3.18. The minimum atomic E-state index is -4.23. The van der Waals surface area contributed by atoms with Crippen LogP contribution in [0.1, 0.15) is 46.5 Å². The highest BCUT2D eigenvalue weighted by Crippen LogP contribution is 2.40. The number of rotatable bonds is 5. The SMILES string of the molecule is CCC(N)C(N1CCC(CC)(CC)C1)C(F)(F)F. The molecule has 0 spiro atoms. The fourth-order valence-electron chi connectivity index (χ4n) is 2.98. The van der Waals surface area contributed by atoms with Crippen molar-refractivity contribution in [2.45, 2.75) is 64.7 Å². The van der Waals surface area contributed by atoms with Crippen molar-refractivity contribution in [3.63, 3.8) is 0 Å². The van der Waals surface area contributed by atoms with Crippen molar-refractivity contribution in [2.24, 2.45) is 11.1 Å². The lowest BCUT2D eigenvalue weighted by Gasteiger charge is -2.35. The Labute approximate surface area is 108 Å². The summed E-state index contributed by atoms with van der Waals surface area (Å²) in [5.41, 5.74) is 5.75. The van der Waals surface area contributed by atoms with Crippen molar-refractivity contribution >= 4 is 0 Å². The maximum atomic E-state index is 13.1. The van der Waals surface area contributed by atoms with E-state index in [0.717, 1.165) is 19.3 Å². The quantitative estimate of drug-likeness (QED) is 0.828. The van der Waals surface area contributed by atoms with Gasteiger partial charge in [-0.2, -0.15) is 13.2 Å². The van der Waals surface area contributed by atoms with E-state index in [4.69, 9.17) is 5.73 Å². The van der Waals surface area contributed by atoms with Gasteiger partial charge in [-0.3, -0.25) is 4.90 Å². The molecule has 2 atom stereocenters. The van der Waals surface area contributed by atoms with Crippen molar-refractivity contribution < 1.29 is 13.2 Å². The molecular weight excluding hydrogens is 241 g/mol. The summed E-state index contributed by atoms with van der Waals surface area (Å²) in [6.07, 6.45) is -1.15. The number of nitrogens with zero attached hydrogens (tertiary/aromatic N) is 1. The molecule has 1 heterocycles. The summed E-state index contributed by atoms with van der Waals surface area (Å²) in [7, 11) is 0. The highest BCUT2D eigenvalue weighted by atomic mass is 19.4. The largest absolute Gasteiger partial charge is 0.405 e. The third-order valence-corrected chi connectivity index (χ3v) is 4.57. The van der Waals surface area contributed by atoms with Crippen molar-refractivity contribution in [1.29, 1.82) is 0 Å². The Morgan fingerprint density at radius 1 is 1.22 bits per heavy atom. The summed E-state index contributed by atoms with van der Waals surface area (Å²) in [6, 6.07) is -2.31. The van der Waals surface area contributed by atoms with Crippen LogP contribution in [-0.4, -0.2) is 36.2 Å². The maximum absolute atomic E-state index is 13.1. The molecule has 0 aromatic rings. The van der Waals surface area contributed by atoms with Crippen LogP contribution in [0.5, 0.6) is 0 Å². The van der Waals surface area contributed by atoms with E-state index in [9.17, 15) is 13.2 Å². The Morgan fingerprint density at radius 3 is 2.11 bits per heavy atom. The first kappa shape index (κ1) is 15.8. The Kier molecular flexibility index (Phi) is 5.06. The minimum absolute atomic E-state index is 0.0525. The number of likely N-dealkylation sites (tertiary alicyclic amines) is 1. The van der Waals surface area contributed by atoms with Gasteiger partial charge in [0.15, 0.2) is 0 Å². The van der Waals surface area contributed by atoms with Gasteiger partial charge in [0.1, 0.15) is 6.04 Å². The summed E-state index contributed by atoms with van der Waals surface area (Å²) in [6.45, 7) is 6.88. The van der Waals surface area contributed by atoms with E-state index >= 15 is 0 Å². The Morgan fingerprint density at radius 2 is 1.78 bits per heavy atom. The first-order valence-corrected chi connectivity index (χ1v) is 6.86. The molecule has 2 N–H and O–H groups in total. The van der Waals surface area contributed by atoms with Crippen molar-refractivity contribution in [2.75, 3.05) is 13.1 Å². The normalized spacial score (nSPS) is 24.2. The molecule has 2 nitrogen and oxygen atoms in total. The van der Waals surface area contributed by atoms with Gasteiger partial charge in [0.2, 0.25) is 0 Å². The van der Waals surface area contributed by atoms with Gasteiger partial charge < -0.3 is 5.73 Å². The second-order valence-corrected chi connectivity index (χ2v) is 5.49. The molecule has 0 amide bonds. The zero-order chi connectivity index (χ0) is 14.0. The number of hydrogen-bond acceptors (Lipinski definition) is 2. The lowest BCUT2D eigenvalue weighted by Crippen LogP contribution is -2.55. The molecule has 1 fully saturated rings. The molecule has 0 bridgehead atoms.